The summed E-state index contributed by atoms with van der Waals surface area (Å²) in [5, 5.41) is 18.4. The molecule has 1 aliphatic heterocycles. The average Bonchev–Trinajstić information content (AvgIpc) is 3.30. The number of benzene rings is 6. The molecule has 1 aliphatic rings. The average molecular weight is 695 g/mol. The number of unbranched alkanes of at least 4 members (excludes halogenated alkanes) is 1. The minimum atomic E-state index is -1.02. The van der Waals surface area contributed by atoms with Crippen molar-refractivity contribution in [3.8, 4) is 11.1 Å². The number of rotatable bonds is 11. The maximum absolute atomic E-state index is 14.0. The lowest BCUT2D eigenvalue weighted by Crippen LogP contribution is -2.32. The molecule has 8 heteroatoms. The maximum atomic E-state index is 14.0. The summed E-state index contributed by atoms with van der Waals surface area (Å²) in [7, 11) is 0. The van der Waals surface area contributed by atoms with Crippen molar-refractivity contribution in [1.29, 1.82) is 0 Å². The molecule has 0 saturated carbocycles. The number of carbonyl (C=O) groups is 2. The number of nitrogens with one attached hydrogen (secondary N) is 1. The second kappa shape index (κ2) is 15.3. The standard InChI is InChI=1S/C43H39ClN4O3/c44-33-21-22-37(36(24-33)42(30-12-2-1-3-13-30)47-38(43(50)51)16-8-9-23-45)46-39(49)27-48-25-31-19-17-28-10-4-6-14-34(28)40(31)41-32(26-48)20-18-29-11-5-7-15-35(29)41/h1-7,10-15,17-22,24,38H,8-9,16,23,25-27,45H2,(H,46,49)(H,50,51)/t38-/m1/s1. The van der Waals surface area contributed by atoms with Crippen LogP contribution in [0.2, 0.25) is 5.02 Å². The van der Waals surface area contributed by atoms with Gasteiger partial charge in [0.2, 0.25) is 5.91 Å². The molecule has 0 spiro atoms. The summed E-state index contributed by atoms with van der Waals surface area (Å²) in [5.74, 6) is -1.22. The third-order valence-electron chi connectivity index (χ3n) is 9.50. The lowest BCUT2D eigenvalue weighted by molar-refractivity contribution is -0.138. The maximum Gasteiger partial charge on any atom is 0.328 e. The topological polar surface area (TPSA) is 108 Å². The molecule has 256 valence electrons. The second-order valence-electron chi connectivity index (χ2n) is 13.0. The van der Waals surface area contributed by atoms with E-state index in [1.54, 1.807) is 18.2 Å². The van der Waals surface area contributed by atoms with Gasteiger partial charge in [0.05, 0.1) is 17.9 Å². The smallest absolute Gasteiger partial charge is 0.328 e. The number of carbonyl (C=O) groups excluding carboxylic acids is 1. The van der Waals surface area contributed by atoms with Crippen LogP contribution in [0, 0.1) is 0 Å². The Kier molecular flexibility index (Phi) is 10.2. The van der Waals surface area contributed by atoms with Crippen LogP contribution in [-0.2, 0) is 22.7 Å². The van der Waals surface area contributed by atoms with E-state index in [0.29, 0.717) is 60.9 Å². The molecule has 0 unspecified atom stereocenters. The summed E-state index contributed by atoms with van der Waals surface area (Å²) in [6.45, 7) is 1.79. The van der Waals surface area contributed by atoms with Crippen molar-refractivity contribution < 1.29 is 14.7 Å². The van der Waals surface area contributed by atoms with Gasteiger partial charge in [-0.1, -0.05) is 115 Å². The summed E-state index contributed by atoms with van der Waals surface area (Å²) in [5.41, 5.74) is 12.7. The highest BCUT2D eigenvalue weighted by atomic mass is 35.5. The molecule has 51 heavy (non-hydrogen) atoms. The van der Waals surface area contributed by atoms with Gasteiger partial charge in [-0.3, -0.25) is 14.7 Å². The number of amides is 1. The molecule has 6 aromatic carbocycles. The Balaban J connectivity index is 1.23. The molecule has 4 N–H and O–H groups in total. The molecular weight excluding hydrogens is 656 g/mol. The summed E-state index contributed by atoms with van der Waals surface area (Å²) in [6, 6.07) is 39.3. The van der Waals surface area contributed by atoms with Crippen LogP contribution in [0.1, 0.15) is 41.5 Å². The molecule has 7 nitrogen and oxygen atoms in total. The Morgan fingerprint density at radius 1 is 0.784 bits per heavy atom. The first kappa shape index (κ1) is 34.1. The molecule has 0 fully saturated rings. The number of hydrogen-bond donors (Lipinski definition) is 3. The highest BCUT2D eigenvalue weighted by Crippen LogP contribution is 2.42. The van der Waals surface area contributed by atoms with E-state index in [-0.39, 0.29) is 12.5 Å². The summed E-state index contributed by atoms with van der Waals surface area (Å²) < 4.78 is 0. The van der Waals surface area contributed by atoms with Crippen molar-refractivity contribution in [3.63, 3.8) is 0 Å². The van der Waals surface area contributed by atoms with Gasteiger partial charge in [0, 0.05) is 29.2 Å². The van der Waals surface area contributed by atoms with Crippen LogP contribution in [-0.4, -0.2) is 46.7 Å². The van der Waals surface area contributed by atoms with Crippen molar-refractivity contribution in [2.75, 3.05) is 18.4 Å². The van der Waals surface area contributed by atoms with Crippen molar-refractivity contribution in [3.05, 3.63) is 149 Å². The predicted octanol–water partition coefficient (Wildman–Crippen LogP) is 8.69. The Labute approximate surface area is 302 Å². The quantitative estimate of drug-likeness (QED) is 0.0929. The Morgan fingerprint density at radius 3 is 2.00 bits per heavy atom. The van der Waals surface area contributed by atoms with Gasteiger partial charge >= 0.3 is 5.97 Å². The molecule has 1 atom stereocenters. The Hall–Kier alpha value is -5.34. The van der Waals surface area contributed by atoms with Crippen LogP contribution in [0.15, 0.2) is 126 Å². The molecule has 6 aromatic rings. The second-order valence-corrected chi connectivity index (χ2v) is 13.4. The zero-order chi connectivity index (χ0) is 35.3. The Morgan fingerprint density at radius 2 is 1.39 bits per heavy atom. The molecular formula is C43H39ClN4O3. The van der Waals surface area contributed by atoms with Gasteiger partial charge in [0.25, 0.3) is 0 Å². The molecule has 0 aliphatic carbocycles. The van der Waals surface area contributed by atoms with Crippen LogP contribution >= 0.6 is 11.6 Å². The first-order valence-electron chi connectivity index (χ1n) is 17.3. The number of nitrogens with zero attached hydrogens (tertiary/aromatic N) is 2. The summed E-state index contributed by atoms with van der Waals surface area (Å²) in [6.07, 6.45) is 1.68. The van der Waals surface area contributed by atoms with Crippen LogP contribution in [0.3, 0.4) is 0 Å². The van der Waals surface area contributed by atoms with Crippen LogP contribution in [0.4, 0.5) is 5.69 Å². The van der Waals surface area contributed by atoms with Gasteiger partial charge in [-0.05, 0) is 87.8 Å². The first-order valence-corrected chi connectivity index (χ1v) is 17.7. The van der Waals surface area contributed by atoms with Gasteiger partial charge in [0.1, 0.15) is 6.04 Å². The largest absolute Gasteiger partial charge is 0.480 e. The van der Waals surface area contributed by atoms with E-state index < -0.39 is 12.0 Å². The molecule has 0 saturated heterocycles. The van der Waals surface area contributed by atoms with E-state index in [4.69, 9.17) is 22.3 Å². The molecule has 1 amide bonds. The number of aliphatic carboxylic acids is 1. The number of fused-ring (bicyclic) bond motifs is 7. The van der Waals surface area contributed by atoms with E-state index in [9.17, 15) is 14.7 Å². The predicted molar refractivity (Wildman–Crippen MR) is 207 cm³/mol. The van der Waals surface area contributed by atoms with Crippen LogP contribution in [0.5, 0.6) is 0 Å². The molecule has 0 radical (unpaired) electrons. The van der Waals surface area contributed by atoms with Crippen molar-refractivity contribution in [2.24, 2.45) is 10.7 Å². The fraction of sp³-hybridized carbons (Fsp3) is 0.186. The highest BCUT2D eigenvalue weighted by Gasteiger charge is 2.26. The highest BCUT2D eigenvalue weighted by molar-refractivity contribution is 6.31. The van der Waals surface area contributed by atoms with Gasteiger partial charge in [0.15, 0.2) is 0 Å². The van der Waals surface area contributed by atoms with Gasteiger partial charge in [-0.25, -0.2) is 4.79 Å². The lowest BCUT2D eigenvalue weighted by Gasteiger charge is -2.22. The van der Waals surface area contributed by atoms with E-state index in [1.807, 2.05) is 30.3 Å². The van der Waals surface area contributed by atoms with Gasteiger partial charge in [-0.2, -0.15) is 0 Å². The van der Waals surface area contributed by atoms with Gasteiger partial charge < -0.3 is 16.2 Å². The zero-order valence-electron chi connectivity index (χ0n) is 28.2. The minimum Gasteiger partial charge on any atom is -0.480 e. The normalized spacial score (nSPS) is 13.7. The van der Waals surface area contributed by atoms with Gasteiger partial charge in [-0.15, -0.1) is 0 Å². The van der Waals surface area contributed by atoms with E-state index in [0.717, 1.165) is 16.7 Å². The SMILES string of the molecule is NCCCC[C@@H](N=C(c1ccccc1)c1cc(Cl)ccc1NC(=O)CN1Cc2ccc3ccccc3c2-c2c(ccc3ccccc23)C1)C(=O)O. The van der Waals surface area contributed by atoms with Crippen molar-refractivity contribution in [2.45, 2.75) is 38.4 Å². The fourth-order valence-corrected chi connectivity index (χ4v) is 7.30. The molecule has 7 rings (SSSR count). The summed E-state index contributed by atoms with van der Waals surface area (Å²) >= 11 is 6.53. The molecule has 0 bridgehead atoms. The Bertz CT molecular complexity index is 2180. The molecule has 1 heterocycles. The van der Waals surface area contributed by atoms with E-state index in [2.05, 4.69) is 83.0 Å². The van der Waals surface area contributed by atoms with Crippen LogP contribution in [0.25, 0.3) is 32.7 Å². The van der Waals surface area contributed by atoms with Crippen LogP contribution < -0.4 is 11.1 Å². The molecule has 0 aromatic heterocycles. The number of halogens is 1. The first-order chi connectivity index (χ1) is 24.9. The third kappa shape index (κ3) is 7.42. The van der Waals surface area contributed by atoms with Crippen molar-refractivity contribution in [1.82, 2.24) is 4.90 Å². The number of hydrogen-bond acceptors (Lipinski definition) is 5. The number of carboxylic acid groups (broad SMARTS) is 1. The van der Waals surface area contributed by atoms with E-state index in [1.165, 1.54) is 32.7 Å². The lowest BCUT2D eigenvalue weighted by atomic mass is 9.88. The number of aliphatic imine (C=N–C) groups is 1. The number of carboxylic acids is 1. The number of nitrogens with two attached hydrogens (primary N) is 1. The van der Waals surface area contributed by atoms with Crippen molar-refractivity contribution >= 4 is 56.4 Å². The fourth-order valence-electron chi connectivity index (χ4n) is 7.13. The monoisotopic (exact) mass is 694 g/mol. The number of anilines is 1. The zero-order valence-corrected chi connectivity index (χ0v) is 28.9. The minimum absolute atomic E-state index is 0.134. The van der Waals surface area contributed by atoms with E-state index >= 15 is 0 Å². The summed E-state index contributed by atoms with van der Waals surface area (Å²) in [4.78, 5) is 33.3. The third-order valence-corrected chi connectivity index (χ3v) is 9.73.